The van der Waals surface area contributed by atoms with E-state index in [0.29, 0.717) is 5.56 Å². The van der Waals surface area contributed by atoms with Crippen LogP contribution in [0.15, 0.2) is 52.9 Å². The topological polar surface area (TPSA) is 68.3 Å². The fourth-order valence-electron chi connectivity index (χ4n) is 2.46. The molecule has 0 bridgehead atoms. The number of ether oxygens (including phenoxy) is 1. The van der Waals surface area contributed by atoms with E-state index < -0.39 is 5.97 Å². The van der Waals surface area contributed by atoms with Crippen molar-refractivity contribution in [1.29, 1.82) is 0 Å². The molecular formula is C21H22N2O3S2. The van der Waals surface area contributed by atoms with Gasteiger partial charge in [0, 0.05) is 11.3 Å². The monoisotopic (exact) mass is 414 g/mol. The van der Waals surface area contributed by atoms with Gasteiger partial charge in [-0.25, -0.2) is 9.78 Å². The molecule has 0 aliphatic carbocycles. The average molecular weight is 415 g/mol. The number of amides is 1. The van der Waals surface area contributed by atoms with Crippen LogP contribution >= 0.6 is 23.1 Å². The summed E-state index contributed by atoms with van der Waals surface area (Å²) in [5.74, 6) is -0.0532. The maximum atomic E-state index is 12.1. The van der Waals surface area contributed by atoms with Gasteiger partial charge in [0.2, 0.25) is 0 Å². The van der Waals surface area contributed by atoms with Crippen LogP contribution in [0.2, 0.25) is 0 Å². The Morgan fingerprint density at radius 3 is 2.50 bits per heavy atom. The molecule has 3 rings (SSSR count). The van der Waals surface area contributed by atoms with Crippen molar-refractivity contribution in [2.45, 2.75) is 36.4 Å². The van der Waals surface area contributed by atoms with Gasteiger partial charge in [-0.3, -0.25) is 4.79 Å². The van der Waals surface area contributed by atoms with Crippen LogP contribution in [0.5, 0.6) is 0 Å². The van der Waals surface area contributed by atoms with Crippen LogP contribution in [0.25, 0.3) is 10.2 Å². The summed E-state index contributed by atoms with van der Waals surface area (Å²) in [6.45, 7) is 5.33. The summed E-state index contributed by atoms with van der Waals surface area (Å²) in [7, 11) is 0. The van der Waals surface area contributed by atoms with Crippen molar-refractivity contribution in [3.8, 4) is 0 Å². The molecule has 5 nitrogen and oxygen atoms in total. The smallest absolute Gasteiger partial charge is 0.338 e. The summed E-state index contributed by atoms with van der Waals surface area (Å²) >= 11 is 3.35. The third-order valence-electron chi connectivity index (χ3n) is 3.67. The zero-order chi connectivity index (χ0) is 20.1. The summed E-state index contributed by atoms with van der Waals surface area (Å²) in [4.78, 5) is 28.4. The number of hydrogen-bond acceptors (Lipinski definition) is 6. The molecule has 0 saturated heterocycles. The fourth-order valence-corrected chi connectivity index (χ4v) is 4.49. The number of rotatable bonds is 6. The van der Waals surface area contributed by atoms with Crippen molar-refractivity contribution in [3.63, 3.8) is 0 Å². The molecule has 1 amide bonds. The molecule has 0 aliphatic heterocycles. The van der Waals surface area contributed by atoms with E-state index in [2.05, 4.69) is 16.4 Å². The van der Waals surface area contributed by atoms with Gasteiger partial charge < -0.3 is 10.1 Å². The number of benzene rings is 2. The van der Waals surface area contributed by atoms with E-state index in [1.807, 2.05) is 51.1 Å². The van der Waals surface area contributed by atoms with Gasteiger partial charge in [0.25, 0.3) is 5.91 Å². The highest BCUT2D eigenvalue weighted by molar-refractivity contribution is 8.00. The molecule has 0 saturated carbocycles. The number of fused-ring (bicyclic) bond motifs is 1. The molecule has 1 aromatic heterocycles. The van der Waals surface area contributed by atoms with Gasteiger partial charge in [-0.1, -0.05) is 36.0 Å². The molecular weight excluding hydrogens is 392 g/mol. The van der Waals surface area contributed by atoms with Crippen LogP contribution in [-0.4, -0.2) is 29.0 Å². The molecule has 7 heteroatoms. The van der Waals surface area contributed by atoms with Crippen molar-refractivity contribution in [3.05, 3.63) is 59.7 Å². The quantitative estimate of drug-likeness (QED) is 0.469. The fraction of sp³-hybridized carbons (Fsp3) is 0.286. The highest BCUT2D eigenvalue weighted by atomic mass is 32.2. The van der Waals surface area contributed by atoms with Gasteiger partial charge in [-0.05, 0) is 50.6 Å². The zero-order valence-electron chi connectivity index (χ0n) is 16.0. The lowest BCUT2D eigenvalue weighted by molar-refractivity contribution is -0.125. The number of hydrogen-bond donors (Lipinski definition) is 1. The molecule has 0 aliphatic rings. The number of carbonyl (C=O) groups is 2. The van der Waals surface area contributed by atoms with Crippen molar-refractivity contribution in [1.82, 2.24) is 10.3 Å². The maximum Gasteiger partial charge on any atom is 0.338 e. The second-order valence-corrected chi connectivity index (χ2v) is 9.56. The molecule has 1 N–H and O–H groups in total. The van der Waals surface area contributed by atoms with Crippen LogP contribution in [0.1, 0.15) is 36.7 Å². The minimum atomic E-state index is -0.505. The molecule has 0 fully saturated rings. The van der Waals surface area contributed by atoms with E-state index in [9.17, 15) is 9.59 Å². The van der Waals surface area contributed by atoms with Crippen molar-refractivity contribution >= 4 is 45.2 Å². The number of thioether (sulfide) groups is 1. The minimum Gasteiger partial charge on any atom is -0.452 e. The van der Waals surface area contributed by atoms with E-state index in [-0.39, 0.29) is 18.1 Å². The number of nitrogens with one attached hydrogen (secondary N) is 1. The van der Waals surface area contributed by atoms with E-state index in [0.717, 1.165) is 21.2 Å². The summed E-state index contributed by atoms with van der Waals surface area (Å²) in [5.41, 5.74) is 2.18. The molecule has 0 atom stereocenters. The van der Waals surface area contributed by atoms with E-state index in [1.165, 1.54) is 4.70 Å². The average Bonchev–Trinajstić information content (AvgIpc) is 3.06. The number of para-hydroxylation sites is 1. The van der Waals surface area contributed by atoms with Crippen molar-refractivity contribution in [2.75, 3.05) is 6.61 Å². The Hall–Kier alpha value is -2.38. The first-order chi connectivity index (χ1) is 13.3. The van der Waals surface area contributed by atoms with Gasteiger partial charge in [0.1, 0.15) is 0 Å². The number of esters is 1. The van der Waals surface area contributed by atoms with Gasteiger partial charge in [0.05, 0.1) is 15.8 Å². The number of carbonyl (C=O) groups excluding carboxylic acids is 2. The standard InChI is InChI=1S/C21H22N2O3S2/c1-21(2,3)23-18(24)12-26-19(25)15-10-8-14(9-11-15)13-27-20-22-16-6-4-5-7-17(16)28-20/h4-11H,12-13H2,1-3H3,(H,23,24). The lowest BCUT2D eigenvalue weighted by atomic mass is 10.1. The van der Waals surface area contributed by atoms with Crippen LogP contribution < -0.4 is 5.32 Å². The van der Waals surface area contributed by atoms with Gasteiger partial charge in [-0.15, -0.1) is 11.3 Å². The normalized spacial score (nSPS) is 11.4. The van der Waals surface area contributed by atoms with Gasteiger partial charge in [0.15, 0.2) is 10.9 Å². The Kier molecular flexibility index (Phi) is 6.36. The molecule has 0 spiro atoms. The first kappa shape index (κ1) is 20.4. The second kappa shape index (κ2) is 8.75. The Morgan fingerprint density at radius 1 is 1.11 bits per heavy atom. The van der Waals surface area contributed by atoms with E-state index in [1.54, 1.807) is 35.2 Å². The Balaban J connectivity index is 1.51. The second-order valence-electron chi connectivity index (χ2n) is 7.31. The third kappa shape index (κ3) is 5.81. The molecule has 1 heterocycles. The van der Waals surface area contributed by atoms with Crippen molar-refractivity contribution in [2.24, 2.45) is 0 Å². The first-order valence-electron chi connectivity index (χ1n) is 8.86. The lowest BCUT2D eigenvalue weighted by Gasteiger charge is -2.20. The highest BCUT2D eigenvalue weighted by Crippen LogP contribution is 2.31. The molecule has 0 unspecified atom stereocenters. The van der Waals surface area contributed by atoms with Crippen LogP contribution in [-0.2, 0) is 15.3 Å². The molecule has 28 heavy (non-hydrogen) atoms. The summed E-state index contributed by atoms with van der Waals surface area (Å²) in [6, 6.07) is 15.3. The minimum absolute atomic E-state index is 0.286. The largest absolute Gasteiger partial charge is 0.452 e. The first-order valence-corrected chi connectivity index (χ1v) is 10.7. The van der Waals surface area contributed by atoms with E-state index in [4.69, 9.17) is 4.74 Å². The van der Waals surface area contributed by atoms with Gasteiger partial charge in [-0.2, -0.15) is 0 Å². The third-order valence-corrected chi connectivity index (χ3v) is 5.93. The predicted molar refractivity (Wildman–Crippen MR) is 114 cm³/mol. The van der Waals surface area contributed by atoms with Crippen molar-refractivity contribution < 1.29 is 14.3 Å². The lowest BCUT2D eigenvalue weighted by Crippen LogP contribution is -2.42. The number of thiazole rings is 1. The van der Waals surface area contributed by atoms with Crippen LogP contribution in [0.3, 0.4) is 0 Å². The van der Waals surface area contributed by atoms with Crippen LogP contribution in [0, 0.1) is 0 Å². The van der Waals surface area contributed by atoms with Crippen LogP contribution in [0.4, 0.5) is 0 Å². The Labute approximate surface area is 172 Å². The maximum absolute atomic E-state index is 12.1. The Morgan fingerprint density at radius 2 is 1.82 bits per heavy atom. The molecule has 2 aromatic carbocycles. The molecule has 146 valence electrons. The zero-order valence-corrected chi connectivity index (χ0v) is 17.7. The van der Waals surface area contributed by atoms with Gasteiger partial charge >= 0.3 is 5.97 Å². The summed E-state index contributed by atoms with van der Waals surface area (Å²) in [6.07, 6.45) is 0. The predicted octanol–water partition coefficient (Wildman–Crippen LogP) is 4.66. The Bertz CT molecular complexity index is 942. The molecule has 3 aromatic rings. The number of aromatic nitrogens is 1. The number of nitrogens with zero attached hydrogens (tertiary/aromatic N) is 1. The SMILES string of the molecule is CC(C)(C)NC(=O)COC(=O)c1ccc(CSc2nc3ccccc3s2)cc1. The highest BCUT2D eigenvalue weighted by Gasteiger charge is 2.16. The van der Waals surface area contributed by atoms with E-state index >= 15 is 0 Å². The summed E-state index contributed by atoms with van der Waals surface area (Å²) in [5, 5.41) is 2.75. The molecule has 0 radical (unpaired) electrons. The summed E-state index contributed by atoms with van der Waals surface area (Å²) < 4.78 is 7.28.